The summed E-state index contributed by atoms with van der Waals surface area (Å²) in [6.07, 6.45) is 7.31. The minimum absolute atomic E-state index is 0. The van der Waals surface area contributed by atoms with Gasteiger partial charge in [-0.2, -0.15) is 0 Å². The van der Waals surface area contributed by atoms with Gasteiger partial charge in [-0.05, 0) is 21.2 Å². The van der Waals surface area contributed by atoms with E-state index in [1.807, 2.05) is 0 Å². The van der Waals surface area contributed by atoms with Gasteiger partial charge in [-0.25, -0.2) is 15.8 Å². The van der Waals surface area contributed by atoms with Gasteiger partial charge in [0.05, 0.1) is 0 Å². The van der Waals surface area contributed by atoms with E-state index >= 15 is 0 Å². The van der Waals surface area contributed by atoms with Gasteiger partial charge in [0.1, 0.15) is 0 Å². The van der Waals surface area contributed by atoms with Crippen LogP contribution in [0.15, 0.2) is 243 Å². The molecule has 0 radical (unpaired) electrons. The largest absolute Gasteiger partial charge is 2.00 e. The second-order valence-electron chi connectivity index (χ2n) is 13.0. The van der Waals surface area contributed by atoms with Gasteiger partial charge < -0.3 is 0 Å². The Morgan fingerprint density at radius 2 is 0.386 bits per heavy atom. The molecule has 8 aromatic rings. The second kappa shape index (κ2) is 23.4. The van der Waals surface area contributed by atoms with E-state index in [2.05, 4.69) is 255 Å². The first-order valence-corrected chi connectivity index (χ1v) is 24.9. The average Bonchev–Trinajstić information content (AvgIpc) is 3.29. The van der Waals surface area contributed by atoms with Gasteiger partial charge in [0.25, 0.3) is 0 Å². The maximum absolute atomic E-state index is 2.58. The number of rotatable bonds is 14. The molecule has 5 heteroatoms. The average molecular weight is 854 g/mol. The Kier molecular flexibility index (Phi) is 17.5. The Balaban J connectivity index is 0.000000189. The maximum Gasteiger partial charge on any atom is 2.00 e. The summed E-state index contributed by atoms with van der Waals surface area (Å²) >= 11 is 0. The molecule has 8 rings (SSSR count). The fraction of sp³-hybridized carbons (Fsp3) is 0.0385. The second-order valence-corrected chi connectivity index (χ2v) is 21.8. The summed E-state index contributed by atoms with van der Waals surface area (Å²) < 4.78 is 0. The zero-order chi connectivity index (χ0) is 38.0. The number of benzene rings is 8. The van der Waals surface area contributed by atoms with Crippen LogP contribution in [0.3, 0.4) is 0 Å². The van der Waals surface area contributed by atoms with Crippen molar-refractivity contribution in [3.05, 3.63) is 255 Å². The Morgan fingerprint density at radius 3 is 0.561 bits per heavy atom. The monoisotopic (exact) mass is 852 g/mol. The predicted octanol–water partition coefficient (Wildman–Crippen LogP) is 10.8. The van der Waals surface area contributed by atoms with Crippen LogP contribution in [0.25, 0.3) is 0 Å². The smallest absolute Gasteiger partial charge is 0.289 e. The standard InChI is InChI=1S/2C26H23P2.Ni/c2*1-5-13-23(14-6-1)27(24-15-7-2-8-16-24)21-22-28(25-17-9-3-10-18-25)26-19-11-4-12-20-26;/h2*1-21H,22H2;/q2*-1;+2. The van der Waals surface area contributed by atoms with Gasteiger partial charge in [-0.15, -0.1) is 12.3 Å². The van der Waals surface area contributed by atoms with Gasteiger partial charge >= 0.3 is 16.5 Å². The summed E-state index contributed by atoms with van der Waals surface area (Å²) in [5.74, 6) is 0. The van der Waals surface area contributed by atoms with Crippen LogP contribution in [0.1, 0.15) is 0 Å². The van der Waals surface area contributed by atoms with Crippen molar-refractivity contribution in [3.8, 4) is 0 Å². The molecule has 0 nitrogen and oxygen atoms in total. The SMILES string of the molecule is [Ni+2].c1ccc(P([CH-]CP(c2ccccc2)c2ccccc2)c2ccccc2)cc1.c1ccc(P([CH-]CP(c2ccccc2)c2ccccc2)c2ccccc2)cc1. The van der Waals surface area contributed by atoms with Crippen molar-refractivity contribution >= 4 is 74.1 Å². The summed E-state index contributed by atoms with van der Waals surface area (Å²) in [5.41, 5.74) is 0. The Bertz CT molecular complexity index is 1760. The van der Waals surface area contributed by atoms with Gasteiger partial charge in [-0.1, -0.05) is 280 Å². The van der Waals surface area contributed by atoms with Crippen molar-refractivity contribution < 1.29 is 16.5 Å². The minimum Gasteiger partial charge on any atom is -0.289 e. The number of hydrogen-bond donors (Lipinski definition) is 0. The molecule has 8 aromatic carbocycles. The first-order chi connectivity index (χ1) is 27.8. The molecule has 0 amide bonds. The van der Waals surface area contributed by atoms with E-state index in [1.54, 1.807) is 0 Å². The molecule has 0 atom stereocenters. The van der Waals surface area contributed by atoms with E-state index in [0.29, 0.717) is 0 Å². The van der Waals surface area contributed by atoms with Gasteiger partial charge in [0.2, 0.25) is 0 Å². The van der Waals surface area contributed by atoms with E-state index in [0.717, 1.165) is 12.3 Å². The van der Waals surface area contributed by atoms with Crippen LogP contribution in [-0.4, -0.2) is 12.3 Å². The first-order valence-electron chi connectivity index (χ1n) is 19.0. The van der Waals surface area contributed by atoms with Crippen LogP contribution in [0.5, 0.6) is 0 Å². The molecular formula is C52H46NiP4. The Hall–Kier alpha value is -4.03. The quantitative estimate of drug-likeness (QED) is 0.0581. The van der Waals surface area contributed by atoms with Gasteiger partial charge in [-0.3, -0.25) is 12.3 Å². The Morgan fingerprint density at radius 1 is 0.228 bits per heavy atom. The Labute approximate surface area is 355 Å². The number of hydrogen-bond acceptors (Lipinski definition) is 0. The molecule has 0 spiro atoms. The van der Waals surface area contributed by atoms with Crippen molar-refractivity contribution in [1.82, 2.24) is 0 Å². The van der Waals surface area contributed by atoms with Gasteiger partial charge in [0, 0.05) is 0 Å². The molecule has 0 saturated heterocycles. The third-order valence-electron chi connectivity index (χ3n) is 9.30. The van der Waals surface area contributed by atoms with Crippen LogP contribution in [-0.2, 0) is 16.5 Å². The van der Waals surface area contributed by atoms with Crippen LogP contribution >= 0.6 is 31.7 Å². The van der Waals surface area contributed by atoms with E-state index < -0.39 is 31.7 Å². The molecule has 0 heterocycles. The molecule has 57 heavy (non-hydrogen) atoms. The zero-order valence-corrected chi connectivity index (χ0v) is 36.3. The molecule has 0 aliphatic carbocycles. The fourth-order valence-corrected chi connectivity index (χ4v) is 16.1. The molecule has 0 saturated carbocycles. The predicted molar refractivity (Wildman–Crippen MR) is 255 cm³/mol. The van der Waals surface area contributed by atoms with Crippen molar-refractivity contribution in [1.29, 1.82) is 0 Å². The molecule has 0 aliphatic heterocycles. The van der Waals surface area contributed by atoms with Gasteiger partial charge in [0.15, 0.2) is 0 Å². The van der Waals surface area contributed by atoms with Crippen molar-refractivity contribution in [2.75, 3.05) is 12.3 Å². The van der Waals surface area contributed by atoms with Crippen molar-refractivity contribution in [3.63, 3.8) is 0 Å². The summed E-state index contributed by atoms with van der Waals surface area (Å²) in [5, 5.41) is 11.4. The topological polar surface area (TPSA) is 0 Å². The minimum atomic E-state index is -0.473. The third kappa shape index (κ3) is 12.5. The van der Waals surface area contributed by atoms with E-state index in [1.165, 1.54) is 42.4 Å². The summed E-state index contributed by atoms with van der Waals surface area (Å²) in [6.45, 7) is 0. The maximum atomic E-state index is 2.58. The molecule has 0 fully saturated rings. The zero-order valence-electron chi connectivity index (χ0n) is 31.8. The summed E-state index contributed by atoms with van der Waals surface area (Å²) in [6, 6.07) is 87.6. The molecule has 0 bridgehead atoms. The molecule has 0 unspecified atom stereocenters. The van der Waals surface area contributed by atoms with Crippen LogP contribution < -0.4 is 42.4 Å². The molecule has 284 valence electrons. The summed E-state index contributed by atoms with van der Waals surface area (Å²) in [7, 11) is -1.75. The van der Waals surface area contributed by atoms with Crippen LogP contribution in [0, 0.1) is 12.3 Å². The summed E-state index contributed by atoms with van der Waals surface area (Å²) in [4.78, 5) is 0. The molecular weight excluding hydrogens is 807 g/mol. The van der Waals surface area contributed by atoms with Crippen molar-refractivity contribution in [2.45, 2.75) is 0 Å². The van der Waals surface area contributed by atoms with Crippen LogP contribution in [0.4, 0.5) is 0 Å². The van der Waals surface area contributed by atoms with E-state index in [4.69, 9.17) is 0 Å². The first kappa shape index (κ1) is 42.6. The fourth-order valence-electron chi connectivity index (χ4n) is 6.55. The van der Waals surface area contributed by atoms with Crippen molar-refractivity contribution in [2.24, 2.45) is 0 Å². The third-order valence-corrected chi connectivity index (χ3v) is 19.2. The molecule has 0 aromatic heterocycles. The molecule has 0 aliphatic rings. The normalized spacial score (nSPS) is 10.9. The van der Waals surface area contributed by atoms with Crippen LogP contribution in [0.2, 0.25) is 0 Å². The van der Waals surface area contributed by atoms with E-state index in [-0.39, 0.29) is 16.5 Å². The molecule has 0 N–H and O–H groups in total. The van der Waals surface area contributed by atoms with E-state index in [9.17, 15) is 0 Å².